The molecule has 1 aromatic heterocycles. The van der Waals surface area contributed by atoms with Crippen LogP contribution < -0.4 is 21.0 Å². The van der Waals surface area contributed by atoms with Gasteiger partial charge in [0.1, 0.15) is 17.9 Å². The zero-order chi connectivity index (χ0) is 24.7. The Hall–Kier alpha value is -4.14. The van der Waals surface area contributed by atoms with E-state index in [4.69, 9.17) is 14.3 Å². The number of nitrogens with one attached hydrogen (secondary N) is 2. The lowest BCUT2D eigenvalue weighted by atomic mass is 9.98. The third kappa shape index (κ3) is 6.22. The molecule has 1 heterocycles. The molecule has 0 unspecified atom stereocenters. The molecule has 0 saturated heterocycles. The molecule has 34 heavy (non-hydrogen) atoms. The van der Waals surface area contributed by atoms with Crippen LogP contribution in [0.1, 0.15) is 28.7 Å². The van der Waals surface area contributed by atoms with Crippen molar-refractivity contribution >= 4 is 28.8 Å². The number of hydrogen-bond donors (Lipinski definition) is 3. The molecule has 2 amide bonds. The van der Waals surface area contributed by atoms with Crippen molar-refractivity contribution in [2.24, 2.45) is 0 Å². The van der Waals surface area contributed by atoms with E-state index in [9.17, 15) is 19.2 Å². The summed E-state index contributed by atoms with van der Waals surface area (Å²) in [7, 11) is 0. The average Bonchev–Trinajstić information content (AvgIpc) is 2.81. The molecule has 3 rings (SSSR count). The SMILES string of the molecule is Cc1c(Cc2ccccc2)c(=O)oc2c(C)c(OCC(=O)NCCC(=O)NCC(=O)O)ccc12. The van der Waals surface area contributed by atoms with Gasteiger partial charge >= 0.3 is 11.6 Å². The van der Waals surface area contributed by atoms with Gasteiger partial charge in [-0.25, -0.2) is 4.79 Å². The maximum Gasteiger partial charge on any atom is 0.340 e. The third-order valence-electron chi connectivity index (χ3n) is 5.35. The van der Waals surface area contributed by atoms with Gasteiger partial charge < -0.3 is 24.9 Å². The van der Waals surface area contributed by atoms with Crippen molar-refractivity contribution in [2.75, 3.05) is 19.7 Å². The first-order valence-electron chi connectivity index (χ1n) is 10.7. The van der Waals surface area contributed by atoms with E-state index in [2.05, 4.69) is 10.6 Å². The monoisotopic (exact) mass is 466 g/mol. The predicted octanol–water partition coefficient (Wildman–Crippen LogP) is 2.09. The van der Waals surface area contributed by atoms with E-state index in [1.807, 2.05) is 37.3 Å². The standard InChI is InChI=1S/C25H26N2O7/c1-15-18-8-9-20(33-14-22(29)26-11-10-21(28)27-13-23(30)31)16(2)24(18)34-25(32)19(15)12-17-6-4-3-5-7-17/h3-9H,10-14H2,1-2H3,(H,26,29)(H,27,28)(H,30,31). The van der Waals surface area contributed by atoms with Crippen LogP contribution in [0.5, 0.6) is 5.75 Å². The number of rotatable bonds is 10. The molecule has 0 saturated carbocycles. The number of aryl methyl sites for hydroxylation is 2. The van der Waals surface area contributed by atoms with Crippen LogP contribution in [-0.2, 0) is 20.8 Å². The average molecular weight is 466 g/mol. The minimum Gasteiger partial charge on any atom is -0.483 e. The molecule has 0 bridgehead atoms. The highest BCUT2D eigenvalue weighted by Gasteiger charge is 2.16. The van der Waals surface area contributed by atoms with Crippen LogP contribution in [0.25, 0.3) is 11.0 Å². The Balaban J connectivity index is 1.64. The fourth-order valence-corrected chi connectivity index (χ4v) is 3.50. The van der Waals surface area contributed by atoms with Crippen LogP contribution in [-0.4, -0.2) is 42.6 Å². The van der Waals surface area contributed by atoms with Gasteiger partial charge in [0.2, 0.25) is 5.91 Å². The fourth-order valence-electron chi connectivity index (χ4n) is 3.50. The van der Waals surface area contributed by atoms with Crippen LogP contribution in [0, 0.1) is 13.8 Å². The Kier molecular flexibility index (Phi) is 8.02. The molecule has 0 fully saturated rings. The van der Waals surface area contributed by atoms with Crippen LogP contribution in [0.3, 0.4) is 0 Å². The molecule has 178 valence electrons. The number of carboxylic acid groups (broad SMARTS) is 1. The lowest BCUT2D eigenvalue weighted by Crippen LogP contribution is -2.35. The highest BCUT2D eigenvalue weighted by molar-refractivity contribution is 5.86. The third-order valence-corrected chi connectivity index (χ3v) is 5.35. The summed E-state index contributed by atoms with van der Waals surface area (Å²) < 4.78 is 11.2. The number of carbonyl (C=O) groups excluding carboxylic acids is 2. The summed E-state index contributed by atoms with van der Waals surface area (Å²) in [5.74, 6) is -1.66. The fraction of sp³-hybridized carbons (Fsp3) is 0.280. The van der Waals surface area contributed by atoms with Crippen molar-refractivity contribution in [3.8, 4) is 5.75 Å². The largest absolute Gasteiger partial charge is 0.483 e. The molecule has 9 nitrogen and oxygen atoms in total. The molecule has 3 aromatic rings. The first kappa shape index (κ1) is 24.5. The zero-order valence-electron chi connectivity index (χ0n) is 19.0. The van der Waals surface area contributed by atoms with Crippen LogP contribution in [0.4, 0.5) is 0 Å². The normalized spacial score (nSPS) is 10.6. The molecule has 0 aliphatic heterocycles. The molecule has 3 N–H and O–H groups in total. The second-order valence-electron chi connectivity index (χ2n) is 7.78. The number of benzene rings is 2. The Morgan fingerprint density at radius 3 is 2.41 bits per heavy atom. The molecular formula is C25H26N2O7. The van der Waals surface area contributed by atoms with E-state index in [1.54, 1.807) is 19.1 Å². The van der Waals surface area contributed by atoms with Crippen LogP contribution >= 0.6 is 0 Å². The number of carboxylic acids is 1. The van der Waals surface area contributed by atoms with Gasteiger partial charge in [0.25, 0.3) is 5.91 Å². The maximum absolute atomic E-state index is 12.7. The lowest BCUT2D eigenvalue weighted by molar-refractivity contribution is -0.138. The van der Waals surface area contributed by atoms with Crippen molar-refractivity contribution in [3.63, 3.8) is 0 Å². The lowest BCUT2D eigenvalue weighted by Gasteiger charge is -2.13. The van der Waals surface area contributed by atoms with Gasteiger partial charge in [-0.05, 0) is 37.1 Å². The first-order valence-corrected chi connectivity index (χ1v) is 10.7. The van der Waals surface area contributed by atoms with Gasteiger partial charge in [0, 0.05) is 35.9 Å². The summed E-state index contributed by atoms with van der Waals surface area (Å²) in [5.41, 5.74) is 3.05. The number of amides is 2. The van der Waals surface area contributed by atoms with Crippen molar-refractivity contribution in [1.82, 2.24) is 10.6 Å². The predicted molar refractivity (Wildman–Crippen MR) is 125 cm³/mol. The van der Waals surface area contributed by atoms with E-state index in [-0.39, 0.29) is 19.6 Å². The Labute approximate surface area is 195 Å². The van der Waals surface area contributed by atoms with Crippen molar-refractivity contribution in [1.29, 1.82) is 0 Å². The minimum atomic E-state index is -1.14. The van der Waals surface area contributed by atoms with Crippen LogP contribution in [0.15, 0.2) is 51.7 Å². The smallest absolute Gasteiger partial charge is 0.340 e. The summed E-state index contributed by atoms with van der Waals surface area (Å²) in [6.45, 7) is 2.92. The molecule has 0 spiro atoms. The summed E-state index contributed by atoms with van der Waals surface area (Å²) in [4.78, 5) is 46.6. The summed E-state index contributed by atoms with van der Waals surface area (Å²) in [6, 6.07) is 13.2. The molecule has 0 aliphatic carbocycles. The van der Waals surface area contributed by atoms with Gasteiger partial charge in [0.15, 0.2) is 6.61 Å². The topological polar surface area (TPSA) is 135 Å². The zero-order valence-corrected chi connectivity index (χ0v) is 19.0. The number of fused-ring (bicyclic) bond motifs is 1. The van der Waals surface area contributed by atoms with Gasteiger partial charge in [0.05, 0.1) is 0 Å². The Morgan fingerprint density at radius 2 is 1.71 bits per heavy atom. The number of ether oxygens (including phenoxy) is 1. The highest BCUT2D eigenvalue weighted by atomic mass is 16.5. The number of hydrogen-bond acceptors (Lipinski definition) is 6. The van der Waals surface area contributed by atoms with Gasteiger partial charge in [-0.1, -0.05) is 30.3 Å². The second kappa shape index (κ2) is 11.1. The van der Waals surface area contributed by atoms with Gasteiger partial charge in [-0.15, -0.1) is 0 Å². The molecular weight excluding hydrogens is 440 g/mol. The van der Waals surface area contributed by atoms with Crippen molar-refractivity contribution in [3.05, 3.63) is 75.1 Å². The Bertz CT molecular complexity index is 1270. The number of aliphatic carboxylic acids is 1. The molecule has 2 aromatic carbocycles. The van der Waals surface area contributed by atoms with E-state index >= 15 is 0 Å². The van der Waals surface area contributed by atoms with E-state index in [0.717, 1.165) is 16.5 Å². The molecule has 9 heteroatoms. The summed E-state index contributed by atoms with van der Waals surface area (Å²) in [5, 5.41) is 14.1. The van der Waals surface area contributed by atoms with Crippen LogP contribution in [0.2, 0.25) is 0 Å². The molecule has 0 radical (unpaired) electrons. The van der Waals surface area contributed by atoms with Crippen molar-refractivity contribution in [2.45, 2.75) is 26.7 Å². The minimum absolute atomic E-state index is 0.0443. The molecule has 0 aliphatic rings. The van der Waals surface area contributed by atoms with Crippen molar-refractivity contribution < 1.29 is 28.6 Å². The van der Waals surface area contributed by atoms with Gasteiger partial charge in [-0.2, -0.15) is 0 Å². The quantitative estimate of drug-likeness (QED) is 0.389. The maximum atomic E-state index is 12.7. The molecule has 0 atom stereocenters. The first-order chi connectivity index (χ1) is 16.3. The summed E-state index contributed by atoms with van der Waals surface area (Å²) >= 11 is 0. The second-order valence-corrected chi connectivity index (χ2v) is 7.78. The highest BCUT2D eigenvalue weighted by Crippen LogP contribution is 2.30. The van der Waals surface area contributed by atoms with E-state index in [0.29, 0.717) is 28.9 Å². The number of carbonyl (C=O) groups is 3. The van der Waals surface area contributed by atoms with E-state index < -0.39 is 30.0 Å². The van der Waals surface area contributed by atoms with Gasteiger partial charge in [-0.3, -0.25) is 14.4 Å². The summed E-state index contributed by atoms with van der Waals surface area (Å²) in [6.07, 6.45) is 0.417. The van der Waals surface area contributed by atoms with E-state index in [1.165, 1.54) is 0 Å². The Morgan fingerprint density at radius 1 is 0.971 bits per heavy atom.